The highest BCUT2D eigenvalue weighted by atomic mass is 32.2. The first kappa shape index (κ1) is 23.9. The Balaban J connectivity index is 1.31. The van der Waals surface area contributed by atoms with Crippen molar-refractivity contribution in [1.82, 2.24) is 9.99 Å². The molecule has 0 atom stereocenters. The second-order valence-corrected chi connectivity index (χ2v) is 8.65. The lowest BCUT2D eigenvalue weighted by Crippen LogP contribution is -2.35. The second-order valence-electron chi connectivity index (χ2n) is 7.70. The fraction of sp³-hybridized carbons (Fsp3) is 0.0769. The minimum atomic E-state index is -0.563. The van der Waals surface area contributed by atoms with E-state index in [9.17, 15) is 9.59 Å². The van der Waals surface area contributed by atoms with Gasteiger partial charge in [0, 0.05) is 18.0 Å². The summed E-state index contributed by atoms with van der Waals surface area (Å²) >= 11 is 1.21. The van der Waals surface area contributed by atoms with Crippen LogP contribution < -0.4 is 14.2 Å². The van der Waals surface area contributed by atoms with Crippen molar-refractivity contribution in [3.05, 3.63) is 89.3 Å². The Labute approximate surface area is 215 Å². The highest BCUT2D eigenvalue weighted by Crippen LogP contribution is 2.31. The van der Waals surface area contributed by atoms with Crippen molar-refractivity contribution in [1.29, 1.82) is 5.41 Å². The van der Waals surface area contributed by atoms with Gasteiger partial charge in [-0.1, -0.05) is 12.1 Å². The molecule has 0 saturated carbocycles. The minimum Gasteiger partial charge on any atom is -0.493 e. The van der Waals surface area contributed by atoms with Crippen LogP contribution in [0.1, 0.15) is 21.5 Å². The molecule has 1 aromatic heterocycles. The van der Waals surface area contributed by atoms with E-state index >= 15 is 0 Å². The molecule has 2 aliphatic rings. The summed E-state index contributed by atoms with van der Waals surface area (Å²) in [4.78, 5) is 33.4. The first-order valence-corrected chi connectivity index (χ1v) is 11.7. The number of thioether (sulfide) groups is 1. The average Bonchev–Trinajstić information content (AvgIpc) is 3.36. The number of nitrogens with one attached hydrogen (secondary N) is 1. The average molecular weight is 514 g/mol. The topological polar surface area (TPSA) is 127 Å². The Morgan fingerprint density at radius 3 is 2.54 bits per heavy atom. The number of methoxy groups -OCH3 is 2. The molecule has 0 spiro atoms. The molecule has 5 rings (SSSR count). The van der Waals surface area contributed by atoms with Gasteiger partial charge in [0.15, 0.2) is 17.3 Å². The van der Waals surface area contributed by atoms with E-state index in [0.29, 0.717) is 38.6 Å². The van der Waals surface area contributed by atoms with Gasteiger partial charge < -0.3 is 14.2 Å². The van der Waals surface area contributed by atoms with Crippen LogP contribution in [-0.4, -0.2) is 52.1 Å². The van der Waals surface area contributed by atoms with Crippen LogP contribution in [0.5, 0.6) is 17.2 Å². The highest BCUT2D eigenvalue weighted by molar-refractivity contribution is 8.27. The normalized spacial score (nSPS) is 15.7. The number of benzene rings is 2. The zero-order chi connectivity index (χ0) is 25.9. The molecule has 0 saturated heterocycles. The zero-order valence-electron chi connectivity index (χ0n) is 19.7. The Kier molecular flexibility index (Phi) is 6.52. The largest absolute Gasteiger partial charge is 0.493 e. The van der Waals surface area contributed by atoms with Gasteiger partial charge in [0.25, 0.3) is 5.91 Å². The van der Waals surface area contributed by atoms with E-state index in [2.05, 4.69) is 15.1 Å². The monoisotopic (exact) mass is 513 g/mol. The van der Waals surface area contributed by atoms with Crippen molar-refractivity contribution in [3.8, 4) is 17.2 Å². The van der Waals surface area contributed by atoms with Gasteiger partial charge in [0.1, 0.15) is 10.8 Å². The summed E-state index contributed by atoms with van der Waals surface area (Å²) in [5.74, 6) is 0.0569. The van der Waals surface area contributed by atoms with E-state index in [4.69, 9.17) is 19.6 Å². The Morgan fingerprint density at radius 2 is 1.84 bits per heavy atom. The minimum absolute atomic E-state index is 0.0784. The number of ether oxygens (including phenoxy) is 3. The number of hydrazone groups is 1. The van der Waals surface area contributed by atoms with Crippen molar-refractivity contribution >= 4 is 45.8 Å². The number of carbonyl (C=O) groups excluding carboxylic acids is 2. The number of fused-ring (bicyclic) bond motifs is 1. The standard InChI is InChI=1S/C26H19N5O5S/c1-34-20-10-7-16(13-21(20)35-2)25(33)36-18-8-5-15(6-9-18)12-19-22(27)31-26(29-23(19)32)37-24(30-31)17-4-3-11-28-14-17/h3-14,27H,1-2H3. The van der Waals surface area contributed by atoms with E-state index in [-0.39, 0.29) is 11.4 Å². The molecule has 1 N–H and O–H groups in total. The number of amides is 1. The molecule has 0 unspecified atom stereocenters. The number of hydrogen-bond acceptors (Lipinski definition) is 9. The molecule has 3 heterocycles. The molecule has 0 fully saturated rings. The molecule has 184 valence electrons. The third-order valence-electron chi connectivity index (χ3n) is 5.38. The van der Waals surface area contributed by atoms with Gasteiger partial charge in [-0.15, -0.1) is 0 Å². The van der Waals surface area contributed by atoms with Gasteiger partial charge in [-0.3, -0.25) is 15.2 Å². The number of nitrogens with zero attached hydrogens (tertiary/aromatic N) is 4. The summed E-state index contributed by atoms with van der Waals surface area (Å²) in [6, 6.07) is 14.9. The lowest BCUT2D eigenvalue weighted by atomic mass is 10.1. The predicted molar refractivity (Wildman–Crippen MR) is 139 cm³/mol. The van der Waals surface area contributed by atoms with Gasteiger partial charge >= 0.3 is 5.97 Å². The van der Waals surface area contributed by atoms with Crippen molar-refractivity contribution in [2.45, 2.75) is 0 Å². The summed E-state index contributed by atoms with van der Waals surface area (Å²) in [5, 5.41) is 15.2. The van der Waals surface area contributed by atoms with Gasteiger partial charge in [0.05, 0.1) is 25.4 Å². The molecule has 37 heavy (non-hydrogen) atoms. The maximum absolute atomic E-state index is 12.7. The zero-order valence-corrected chi connectivity index (χ0v) is 20.5. The quantitative estimate of drug-likeness (QED) is 0.298. The van der Waals surface area contributed by atoms with E-state index in [1.807, 2.05) is 6.07 Å². The van der Waals surface area contributed by atoms with Crippen LogP contribution in [0, 0.1) is 5.41 Å². The number of amidine groups is 2. The number of aromatic nitrogens is 1. The third kappa shape index (κ3) is 4.84. The molecule has 3 aromatic rings. The van der Waals surface area contributed by atoms with E-state index in [1.54, 1.807) is 60.9 Å². The summed E-state index contributed by atoms with van der Waals surface area (Å²) in [7, 11) is 3.00. The molecule has 11 heteroatoms. The molecule has 2 aliphatic heterocycles. The second kappa shape index (κ2) is 10.1. The molecule has 0 aliphatic carbocycles. The number of rotatable bonds is 6. The van der Waals surface area contributed by atoms with Crippen LogP contribution in [0.4, 0.5) is 0 Å². The number of carbonyl (C=O) groups is 2. The van der Waals surface area contributed by atoms with Crippen LogP contribution in [0.3, 0.4) is 0 Å². The van der Waals surface area contributed by atoms with Crippen LogP contribution in [0.2, 0.25) is 0 Å². The maximum atomic E-state index is 12.7. The number of pyridine rings is 1. The fourth-order valence-electron chi connectivity index (χ4n) is 3.53. The van der Waals surface area contributed by atoms with Crippen LogP contribution >= 0.6 is 11.8 Å². The van der Waals surface area contributed by atoms with Crippen molar-refractivity contribution in [2.24, 2.45) is 10.1 Å². The first-order valence-electron chi connectivity index (χ1n) is 10.9. The van der Waals surface area contributed by atoms with Crippen LogP contribution in [0.25, 0.3) is 6.08 Å². The molecule has 0 radical (unpaired) electrons. The molecular weight excluding hydrogens is 494 g/mol. The molecule has 0 bridgehead atoms. The maximum Gasteiger partial charge on any atom is 0.343 e. The summed E-state index contributed by atoms with van der Waals surface area (Å²) < 4.78 is 15.9. The summed E-state index contributed by atoms with van der Waals surface area (Å²) in [6.07, 6.45) is 4.86. The summed E-state index contributed by atoms with van der Waals surface area (Å²) in [6.45, 7) is 0. The van der Waals surface area contributed by atoms with E-state index in [1.165, 1.54) is 37.1 Å². The molecule has 1 amide bonds. The summed E-state index contributed by atoms with van der Waals surface area (Å²) in [5.41, 5.74) is 1.79. The predicted octanol–water partition coefficient (Wildman–Crippen LogP) is 3.99. The van der Waals surface area contributed by atoms with Crippen LogP contribution in [0.15, 0.2) is 82.7 Å². The number of esters is 1. The number of aliphatic imine (C=N–C) groups is 1. The van der Waals surface area contributed by atoms with Gasteiger partial charge in [-0.25, -0.2) is 4.79 Å². The van der Waals surface area contributed by atoms with Crippen molar-refractivity contribution in [3.63, 3.8) is 0 Å². The molecule has 10 nitrogen and oxygen atoms in total. The Hall–Kier alpha value is -4.77. The smallest absolute Gasteiger partial charge is 0.343 e. The molecular formula is C26H19N5O5S. The lowest BCUT2D eigenvalue weighted by Gasteiger charge is -2.20. The van der Waals surface area contributed by atoms with Gasteiger partial charge in [-0.2, -0.15) is 15.1 Å². The van der Waals surface area contributed by atoms with Gasteiger partial charge in [-0.05, 0) is 65.9 Å². The first-order chi connectivity index (χ1) is 18.0. The number of hydrogen-bond donors (Lipinski definition) is 1. The third-order valence-corrected chi connectivity index (χ3v) is 6.34. The van der Waals surface area contributed by atoms with E-state index in [0.717, 1.165) is 5.56 Å². The Bertz CT molecular complexity index is 1500. The van der Waals surface area contributed by atoms with E-state index < -0.39 is 11.9 Å². The lowest BCUT2D eigenvalue weighted by molar-refractivity contribution is -0.114. The Morgan fingerprint density at radius 1 is 1.05 bits per heavy atom. The van der Waals surface area contributed by atoms with Crippen molar-refractivity contribution in [2.75, 3.05) is 14.2 Å². The fourth-order valence-corrected chi connectivity index (χ4v) is 4.41. The SMILES string of the molecule is COc1ccc(C(=O)Oc2ccc(C=C3C(=N)N4N=C(c5cccnc5)SC4=NC3=O)cc2)cc1OC. The van der Waals surface area contributed by atoms with Crippen molar-refractivity contribution < 1.29 is 23.8 Å². The van der Waals surface area contributed by atoms with Gasteiger partial charge in [0.2, 0.25) is 5.17 Å². The molecule has 2 aromatic carbocycles. The highest BCUT2D eigenvalue weighted by Gasteiger charge is 2.36. The van der Waals surface area contributed by atoms with Crippen LogP contribution in [-0.2, 0) is 4.79 Å².